The number of allylic oxidation sites excluding steroid dienone is 1. The van der Waals surface area contributed by atoms with Crippen molar-refractivity contribution in [1.82, 2.24) is 5.32 Å². The molecule has 2 aromatic rings. The molecule has 0 radical (unpaired) electrons. The molecule has 198 valence electrons. The van der Waals surface area contributed by atoms with Gasteiger partial charge < -0.3 is 9.50 Å². The molecule has 2 N–H and O–H groups in total. The van der Waals surface area contributed by atoms with Gasteiger partial charge in [-0.05, 0) is 48.9 Å². The van der Waals surface area contributed by atoms with Crippen LogP contribution in [0.5, 0.6) is 5.75 Å². The highest BCUT2D eigenvalue weighted by molar-refractivity contribution is 7.92. The predicted molar refractivity (Wildman–Crippen MR) is 116 cm³/mol. The van der Waals surface area contributed by atoms with Crippen molar-refractivity contribution < 1.29 is 52.2 Å². The Hall–Kier alpha value is -3.27. The molecule has 2 aromatic carbocycles. The minimum absolute atomic E-state index is 0.243. The average Bonchev–Trinajstić information content (AvgIpc) is 2.70. The van der Waals surface area contributed by atoms with Gasteiger partial charge in [-0.15, -0.1) is 0 Å². The number of carbonyl (C=O) groups excluding carboxylic acids is 1. The third kappa shape index (κ3) is 8.75. The molecule has 0 fully saturated rings. The lowest BCUT2D eigenvalue weighted by Crippen LogP contribution is -2.25. The second-order valence-electron chi connectivity index (χ2n) is 7.30. The summed E-state index contributed by atoms with van der Waals surface area (Å²) in [5.41, 5.74) is -3.16. The Bertz CT molecular complexity index is 1350. The van der Waals surface area contributed by atoms with Gasteiger partial charge in [-0.25, -0.2) is 8.42 Å². The van der Waals surface area contributed by atoms with Crippen molar-refractivity contribution in [3.05, 3.63) is 65.9 Å². The van der Waals surface area contributed by atoms with Crippen molar-refractivity contribution in [2.75, 3.05) is 11.0 Å². The summed E-state index contributed by atoms with van der Waals surface area (Å²) in [5.74, 6) is -1.45. The summed E-state index contributed by atoms with van der Waals surface area (Å²) in [6.07, 6.45) is -10.8. The van der Waals surface area contributed by atoms with Crippen LogP contribution >= 0.6 is 0 Å². The first kappa shape index (κ1) is 29.0. The molecule has 0 unspecified atom stereocenters. The summed E-state index contributed by atoms with van der Waals surface area (Å²) in [6, 6.07) is 5.22. The highest BCUT2D eigenvalue weighted by Gasteiger charge is 2.32. The zero-order valence-electron chi connectivity index (χ0n) is 18.2. The van der Waals surface area contributed by atoms with Gasteiger partial charge in [0.1, 0.15) is 5.75 Å². The number of nitrogens with one attached hydrogen (secondary N) is 2. The quantitative estimate of drug-likeness (QED) is 0.346. The van der Waals surface area contributed by atoms with E-state index in [2.05, 4.69) is 10.8 Å². The van der Waals surface area contributed by atoms with Gasteiger partial charge in [0, 0.05) is 12.1 Å². The first-order valence-corrected chi connectivity index (χ1v) is 12.9. The molecule has 36 heavy (non-hydrogen) atoms. The third-order valence-electron chi connectivity index (χ3n) is 4.22. The largest absolute Gasteiger partial charge is 0.416 e. The molecule has 0 bridgehead atoms. The van der Waals surface area contributed by atoms with Crippen molar-refractivity contribution in [1.29, 1.82) is 0 Å². The molecular weight excluding hydrogens is 542 g/mol. The van der Waals surface area contributed by atoms with E-state index in [0.717, 1.165) is 30.5 Å². The van der Waals surface area contributed by atoms with Crippen LogP contribution in [-0.4, -0.2) is 35.2 Å². The number of sulfonamides is 1. The second kappa shape index (κ2) is 10.4. The average molecular weight is 560 g/mol. The minimum atomic E-state index is -4.92. The Morgan fingerprint density at radius 3 is 2.06 bits per heavy atom. The zero-order valence-corrected chi connectivity index (χ0v) is 19.8. The van der Waals surface area contributed by atoms with Crippen molar-refractivity contribution in [3.63, 3.8) is 0 Å². The number of carbonyl (C=O) groups is 1. The van der Waals surface area contributed by atoms with Crippen molar-refractivity contribution >= 4 is 31.7 Å². The van der Waals surface area contributed by atoms with Gasteiger partial charge in [-0.1, -0.05) is 6.58 Å². The summed E-state index contributed by atoms with van der Waals surface area (Å²) in [6.45, 7) is 3.26. The summed E-state index contributed by atoms with van der Waals surface area (Å²) in [4.78, 5) is 12.0. The maximum atomic E-state index is 13.2. The number of anilines is 1. The van der Waals surface area contributed by atoms with E-state index in [1.54, 1.807) is 0 Å². The fourth-order valence-electron chi connectivity index (χ4n) is 2.64. The lowest BCUT2D eigenvalue weighted by atomic mass is 10.1. The molecule has 0 heterocycles. The SMILES string of the molecule is C=C(CCC(F)(F)F)NC(=O)c1ccc(C(F)(F)F)cc1NS(=O)(=O)c1ccc(OS(C)(=O)=O)cc1. The highest BCUT2D eigenvalue weighted by atomic mass is 32.2. The van der Waals surface area contributed by atoms with Gasteiger partial charge in [0.05, 0.1) is 28.0 Å². The molecule has 2 rings (SSSR count). The Morgan fingerprint density at radius 1 is 0.972 bits per heavy atom. The third-order valence-corrected chi connectivity index (χ3v) is 6.09. The number of hydrogen-bond acceptors (Lipinski definition) is 6. The normalized spacial score (nSPS) is 12.6. The fraction of sp³-hybridized carbons (Fsp3) is 0.250. The number of rotatable bonds is 9. The Balaban J connectivity index is 2.38. The number of halogens is 6. The summed E-state index contributed by atoms with van der Waals surface area (Å²) in [5, 5.41) is 2.00. The molecule has 0 spiro atoms. The van der Waals surface area contributed by atoms with Gasteiger partial charge in [0.25, 0.3) is 15.9 Å². The van der Waals surface area contributed by atoms with Crippen LogP contribution in [-0.2, 0) is 26.3 Å². The van der Waals surface area contributed by atoms with Crippen LogP contribution in [0.1, 0.15) is 28.8 Å². The second-order valence-corrected chi connectivity index (χ2v) is 10.6. The highest BCUT2D eigenvalue weighted by Crippen LogP contribution is 2.33. The molecule has 0 aromatic heterocycles. The fourth-order valence-corrected chi connectivity index (χ4v) is 4.17. The molecule has 0 saturated carbocycles. The summed E-state index contributed by atoms with van der Waals surface area (Å²) < 4.78 is 131. The Morgan fingerprint density at radius 2 is 1.56 bits per heavy atom. The lowest BCUT2D eigenvalue weighted by Gasteiger charge is -2.16. The van der Waals surface area contributed by atoms with E-state index in [1.807, 2.05) is 10.0 Å². The van der Waals surface area contributed by atoms with Crippen molar-refractivity contribution in [2.45, 2.75) is 30.1 Å². The van der Waals surface area contributed by atoms with Crippen LogP contribution in [0.2, 0.25) is 0 Å². The first-order valence-electron chi connectivity index (χ1n) is 9.56. The van der Waals surface area contributed by atoms with E-state index in [4.69, 9.17) is 0 Å². The van der Waals surface area contributed by atoms with Crippen molar-refractivity contribution in [2.24, 2.45) is 0 Å². The maximum Gasteiger partial charge on any atom is 0.416 e. The van der Waals surface area contributed by atoms with E-state index in [-0.39, 0.29) is 5.75 Å². The molecule has 0 aliphatic heterocycles. The molecule has 0 aliphatic carbocycles. The van der Waals surface area contributed by atoms with Crippen LogP contribution in [0.4, 0.5) is 32.0 Å². The van der Waals surface area contributed by atoms with Gasteiger partial charge in [0.15, 0.2) is 0 Å². The number of hydrogen-bond donors (Lipinski definition) is 2. The van der Waals surface area contributed by atoms with Gasteiger partial charge in [-0.3, -0.25) is 9.52 Å². The van der Waals surface area contributed by atoms with Crippen LogP contribution in [0.3, 0.4) is 0 Å². The van der Waals surface area contributed by atoms with Crippen LogP contribution in [0, 0.1) is 0 Å². The molecule has 16 heteroatoms. The van der Waals surface area contributed by atoms with Crippen molar-refractivity contribution in [3.8, 4) is 5.75 Å². The van der Waals surface area contributed by atoms with E-state index < -0.39 is 78.6 Å². The van der Waals surface area contributed by atoms with Crippen LogP contribution in [0.25, 0.3) is 0 Å². The molecule has 8 nitrogen and oxygen atoms in total. The van der Waals surface area contributed by atoms with Crippen LogP contribution in [0.15, 0.2) is 59.6 Å². The van der Waals surface area contributed by atoms with Gasteiger partial charge >= 0.3 is 22.5 Å². The standard InChI is InChI=1S/C20H18F6N2O6S2/c1-12(9-10-19(21,22)23)27-18(29)16-8-3-13(20(24,25)26)11-17(16)28-36(32,33)15-6-4-14(5-7-15)34-35(2,30)31/h3-8,11,28H,1,9-10H2,2H3,(H,27,29). The number of alkyl halides is 6. The summed E-state index contributed by atoms with van der Waals surface area (Å²) >= 11 is 0. The molecule has 0 aliphatic rings. The topological polar surface area (TPSA) is 119 Å². The van der Waals surface area contributed by atoms with E-state index in [1.165, 1.54) is 0 Å². The maximum absolute atomic E-state index is 13.2. The smallest absolute Gasteiger partial charge is 0.383 e. The predicted octanol–water partition coefficient (Wildman–Crippen LogP) is 4.43. The Kier molecular flexibility index (Phi) is 8.35. The lowest BCUT2D eigenvalue weighted by molar-refractivity contribution is -0.137. The minimum Gasteiger partial charge on any atom is -0.383 e. The summed E-state index contributed by atoms with van der Waals surface area (Å²) in [7, 11) is -8.54. The van der Waals surface area contributed by atoms with E-state index >= 15 is 0 Å². The monoisotopic (exact) mass is 560 g/mol. The molecule has 1 amide bonds. The molecular formula is C20H18F6N2O6S2. The first-order chi connectivity index (χ1) is 16.3. The van der Waals surface area contributed by atoms with E-state index in [0.29, 0.717) is 18.2 Å². The van der Waals surface area contributed by atoms with Gasteiger partial charge in [0.2, 0.25) is 0 Å². The molecule has 0 saturated heterocycles. The number of benzene rings is 2. The zero-order chi connectivity index (χ0) is 27.5. The number of amides is 1. The van der Waals surface area contributed by atoms with Gasteiger partial charge in [-0.2, -0.15) is 34.8 Å². The molecule has 0 atom stereocenters. The van der Waals surface area contributed by atoms with E-state index in [9.17, 15) is 48.0 Å². The van der Waals surface area contributed by atoms with Crippen LogP contribution < -0.4 is 14.2 Å². The Labute approximate surface area is 202 Å².